The Kier molecular flexibility index (Phi) is 4.92. The number of thiophene rings is 1. The fourth-order valence-electron chi connectivity index (χ4n) is 3.31. The van der Waals surface area contributed by atoms with Crippen LogP contribution in [0.5, 0.6) is 11.5 Å². The zero-order valence-corrected chi connectivity index (χ0v) is 17.0. The SMILES string of the molecule is CCOC(=O)c1c(Nc2nc3c(OC)cc(OC)cc3s2)sc2c1CCC2. The number of benzene rings is 1. The van der Waals surface area contributed by atoms with Crippen LogP contribution in [0.15, 0.2) is 12.1 Å². The van der Waals surface area contributed by atoms with Gasteiger partial charge in [-0.3, -0.25) is 0 Å². The van der Waals surface area contributed by atoms with Crippen LogP contribution in [0.1, 0.15) is 34.1 Å². The first-order valence-corrected chi connectivity index (χ1v) is 10.4. The summed E-state index contributed by atoms with van der Waals surface area (Å²) >= 11 is 3.12. The molecular formula is C19H20N2O4S2. The minimum Gasteiger partial charge on any atom is -0.497 e. The summed E-state index contributed by atoms with van der Waals surface area (Å²) in [6, 6.07) is 3.75. The second kappa shape index (κ2) is 7.36. The summed E-state index contributed by atoms with van der Waals surface area (Å²) in [5.74, 6) is 1.12. The highest BCUT2D eigenvalue weighted by Crippen LogP contribution is 2.43. The Hall–Kier alpha value is -2.32. The molecule has 0 aliphatic heterocycles. The second-order valence-electron chi connectivity index (χ2n) is 6.10. The Bertz CT molecular complexity index is 1010. The lowest BCUT2D eigenvalue weighted by molar-refractivity contribution is 0.0527. The van der Waals surface area contributed by atoms with Crippen molar-refractivity contribution < 1.29 is 19.0 Å². The molecule has 6 nitrogen and oxygen atoms in total. The predicted octanol–water partition coefficient (Wildman–Crippen LogP) is 4.78. The molecule has 0 saturated heterocycles. The fraction of sp³-hybridized carbons (Fsp3) is 0.368. The van der Waals surface area contributed by atoms with Crippen LogP contribution in [0.4, 0.5) is 10.1 Å². The number of carbonyl (C=O) groups is 1. The van der Waals surface area contributed by atoms with E-state index in [0.29, 0.717) is 23.1 Å². The standard InChI is InChI=1S/C19H20N2O4S2/c1-4-25-18(22)15-11-6-5-7-13(11)26-17(15)21-19-20-16-12(24-3)8-10(23-2)9-14(16)27-19/h8-9H,4-7H2,1-3H3,(H,20,21). The number of fused-ring (bicyclic) bond motifs is 2. The lowest BCUT2D eigenvalue weighted by Gasteiger charge is -2.06. The topological polar surface area (TPSA) is 69.7 Å². The normalized spacial score (nSPS) is 12.9. The average Bonchev–Trinajstić information content (AvgIpc) is 3.34. The third kappa shape index (κ3) is 3.23. The van der Waals surface area contributed by atoms with Crippen molar-refractivity contribution in [2.45, 2.75) is 26.2 Å². The molecule has 0 atom stereocenters. The number of nitrogens with one attached hydrogen (secondary N) is 1. The Labute approximate surface area is 165 Å². The van der Waals surface area contributed by atoms with E-state index in [1.54, 1.807) is 25.6 Å². The van der Waals surface area contributed by atoms with Crippen LogP contribution < -0.4 is 14.8 Å². The second-order valence-corrected chi connectivity index (χ2v) is 8.24. The summed E-state index contributed by atoms with van der Waals surface area (Å²) in [6.45, 7) is 2.19. The largest absolute Gasteiger partial charge is 0.497 e. The van der Waals surface area contributed by atoms with Gasteiger partial charge in [0.1, 0.15) is 22.0 Å². The van der Waals surface area contributed by atoms with Crippen LogP contribution >= 0.6 is 22.7 Å². The minimum absolute atomic E-state index is 0.264. The van der Waals surface area contributed by atoms with Crippen LogP contribution in [0, 0.1) is 0 Å². The molecule has 1 aromatic carbocycles. The minimum atomic E-state index is -0.264. The molecule has 0 unspecified atom stereocenters. The van der Waals surface area contributed by atoms with Crippen LogP contribution in [0.25, 0.3) is 10.2 Å². The summed E-state index contributed by atoms with van der Waals surface area (Å²) in [5.41, 5.74) is 2.56. The molecule has 0 radical (unpaired) electrons. The summed E-state index contributed by atoms with van der Waals surface area (Å²) in [6.07, 6.45) is 3.03. The third-order valence-electron chi connectivity index (χ3n) is 4.51. The van der Waals surface area contributed by atoms with Crippen LogP contribution in [-0.4, -0.2) is 31.8 Å². The van der Waals surface area contributed by atoms with Crippen LogP contribution in [0.3, 0.4) is 0 Å². The summed E-state index contributed by atoms with van der Waals surface area (Å²) in [4.78, 5) is 18.5. The Morgan fingerprint density at radius 2 is 2.07 bits per heavy atom. The number of hydrogen-bond acceptors (Lipinski definition) is 8. The number of esters is 1. The number of methoxy groups -OCH3 is 2. The van der Waals surface area contributed by atoms with E-state index in [1.165, 1.54) is 16.2 Å². The molecule has 1 N–H and O–H groups in total. The quantitative estimate of drug-likeness (QED) is 0.596. The maximum absolute atomic E-state index is 12.5. The molecule has 0 saturated carbocycles. The highest BCUT2D eigenvalue weighted by atomic mass is 32.1. The maximum Gasteiger partial charge on any atom is 0.341 e. The highest BCUT2D eigenvalue weighted by Gasteiger charge is 2.28. The van der Waals surface area contributed by atoms with Gasteiger partial charge in [-0.15, -0.1) is 11.3 Å². The van der Waals surface area contributed by atoms with E-state index < -0.39 is 0 Å². The molecular weight excluding hydrogens is 384 g/mol. The molecule has 27 heavy (non-hydrogen) atoms. The summed E-state index contributed by atoms with van der Waals surface area (Å²) in [5, 5.41) is 4.87. The van der Waals surface area contributed by atoms with Gasteiger partial charge >= 0.3 is 5.97 Å². The number of aryl methyl sites for hydroxylation is 1. The van der Waals surface area contributed by atoms with Gasteiger partial charge in [0.25, 0.3) is 0 Å². The molecule has 0 fully saturated rings. The number of hydrogen-bond donors (Lipinski definition) is 1. The van der Waals surface area contributed by atoms with Crippen molar-refractivity contribution in [3.63, 3.8) is 0 Å². The van der Waals surface area contributed by atoms with Gasteiger partial charge in [-0.25, -0.2) is 9.78 Å². The van der Waals surface area contributed by atoms with Gasteiger partial charge < -0.3 is 19.5 Å². The molecule has 0 amide bonds. The Morgan fingerprint density at radius 3 is 2.81 bits per heavy atom. The van der Waals surface area contributed by atoms with Crippen LogP contribution in [0.2, 0.25) is 0 Å². The van der Waals surface area contributed by atoms with Crippen molar-refractivity contribution in [1.82, 2.24) is 4.98 Å². The van der Waals surface area contributed by atoms with Crippen molar-refractivity contribution in [2.24, 2.45) is 0 Å². The van der Waals surface area contributed by atoms with Gasteiger partial charge in [0, 0.05) is 10.9 Å². The van der Waals surface area contributed by atoms with Crippen molar-refractivity contribution in [3.8, 4) is 11.5 Å². The zero-order valence-electron chi connectivity index (χ0n) is 15.4. The van der Waals surface area contributed by atoms with Gasteiger partial charge in [-0.05, 0) is 37.8 Å². The van der Waals surface area contributed by atoms with E-state index in [0.717, 1.165) is 45.8 Å². The fourth-order valence-corrected chi connectivity index (χ4v) is 5.57. The predicted molar refractivity (Wildman–Crippen MR) is 108 cm³/mol. The monoisotopic (exact) mass is 404 g/mol. The van der Waals surface area contributed by atoms with Gasteiger partial charge in [0.15, 0.2) is 5.13 Å². The molecule has 1 aliphatic carbocycles. The molecule has 1 aliphatic rings. The van der Waals surface area contributed by atoms with Gasteiger partial charge in [-0.2, -0.15) is 0 Å². The van der Waals surface area contributed by atoms with Crippen LogP contribution in [-0.2, 0) is 17.6 Å². The number of aromatic nitrogens is 1. The third-order valence-corrected chi connectivity index (χ3v) is 6.64. The summed E-state index contributed by atoms with van der Waals surface area (Å²) in [7, 11) is 3.24. The Morgan fingerprint density at radius 1 is 1.22 bits per heavy atom. The average molecular weight is 405 g/mol. The van der Waals surface area contributed by atoms with Crippen molar-refractivity contribution in [3.05, 3.63) is 28.1 Å². The maximum atomic E-state index is 12.5. The van der Waals surface area contributed by atoms with Gasteiger partial charge in [0.05, 0.1) is 31.1 Å². The van der Waals surface area contributed by atoms with Crippen molar-refractivity contribution >= 4 is 49.0 Å². The van der Waals surface area contributed by atoms with Gasteiger partial charge in [0.2, 0.25) is 0 Å². The first kappa shape index (κ1) is 18.1. The van der Waals surface area contributed by atoms with E-state index in [1.807, 2.05) is 19.1 Å². The molecule has 8 heteroatoms. The number of nitrogens with zero attached hydrogens (tertiary/aromatic N) is 1. The summed E-state index contributed by atoms with van der Waals surface area (Å²) < 4.78 is 17.0. The van der Waals surface area contributed by atoms with E-state index in [9.17, 15) is 4.79 Å². The van der Waals surface area contributed by atoms with E-state index >= 15 is 0 Å². The van der Waals surface area contributed by atoms with Gasteiger partial charge in [-0.1, -0.05) is 11.3 Å². The van der Waals surface area contributed by atoms with E-state index in [4.69, 9.17) is 14.2 Å². The number of anilines is 2. The first-order valence-electron chi connectivity index (χ1n) is 8.75. The molecule has 3 aromatic rings. The molecule has 0 spiro atoms. The lowest BCUT2D eigenvalue weighted by atomic mass is 10.1. The van der Waals surface area contributed by atoms with E-state index in [-0.39, 0.29) is 5.97 Å². The number of carbonyl (C=O) groups excluding carboxylic acids is 1. The molecule has 2 heterocycles. The molecule has 4 rings (SSSR count). The number of rotatable bonds is 6. The number of ether oxygens (including phenoxy) is 3. The van der Waals surface area contributed by atoms with E-state index in [2.05, 4.69) is 10.3 Å². The molecule has 142 valence electrons. The smallest absolute Gasteiger partial charge is 0.341 e. The first-order chi connectivity index (χ1) is 13.1. The molecule has 0 bridgehead atoms. The Balaban J connectivity index is 1.73. The lowest BCUT2D eigenvalue weighted by Crippen LogP contribution is -2.08. The molecule has 2 aromatic heterocycles. The zero-order chi connectivity index (χ0) is 19.0. The van der Waals surface area contributed by atoms with Crippen molar-refractivity contribution in [1.29, 1.82) is 0 Å². The highest BCUT2D eigenvalue weighted by molar-refractivity contribution is 7.23. The number of thiazole rings is 1. The van der Waals surface area contributed by atoms with Crippen molar-refractivity contribution in [2.75, 3.05) is 26.1 Å².